The lowest BCUT2D eigenvalue weighted by Gasteiger charge is -2.16. The molecule has 140 valence electrons. The van der Waals surface area contributed by atoms with Crippen LogP contribution >= 0.6 is 27.7 Å². The van der Waals surface area contributed by atoms with E-state index in [1.54, 1.807) is 18.2 Å². The topological polar surface area (TPSA) is 54.3 Å². The number of amidine groups is 1. The van der Waals surface area contributed by atoms with E-state index in [9.17, 15) is 4.79 Å². The Hall–Kier alpha value is -2.12. The van der Waals surface area contributed by atoms with E-state index in [1.165, 1.54) is 11.8 Å². The number of hydrogen-bond donors (Lipinski definition) is 0. The van der Waals surface area contributed by atoms with Gasteiger partial charge in [-0.05, 0) is 43.2 Å². The molecular formula is C20H20BrN3O2S. The van der Waals surface area contributed by atoms with Crippen LogP contribution in [0, 0.1) is 6.92 Å². The van der Waals surface area contributed by atoms with Crippen LogP contribution in [-0.2, 0) is 11.3 Å². The highest BCUT2D eigenvalue weighted by Gasteiger charge is 2.35. The van der Waals surface area contributed by atoms with Crippen LogP contribution < -0.4 is 4.74 Å². The van der Waals surface area contributed by atoms with E-state index in [4.69, 9.17) is 4.74 Å². The molecule has 1 aliphatic rings. The number of thioether (sulfide) groups is 1. The van der Waals surface area contributed by atoms with E-state index in [-0.39, 0.29) is 11.2 Å². The summed E-state index contributed by atoms with van der Waals surface area (Å²) in [6, 6.07) is 13.7. The molecule has 3 rings (SSSR count). The minimum absolute atomic E-state index is 0.0530. The number of ether oxygens (including phenoxy) is 1. The van der Waals surface area contributed by atoms with Gasteiger partial charge in [0.25, 0.3) is 0 Å². The average Bonchev–Trinajstić information content (AvgIpc) is 2.91. The number of benzene rings is 2. The van der Waals surface area contributed by atoms with E-state index in [2.05, 4.69) is 26.1 Å². The number of amides is 1. The van der Waals surface area contributed by atoms with Crippen LogP contribution in [-0.4, -0.2) is 34.5 Å². The Kier molecular flexibility index (Phi) is 6.34. The Bertz CT molecular complexity index is 914. The van der Waals surface area contributed by atoms with Gasteiger partial charge in [-0.25, -0.2) is 0 Å². The van der Waals surface area contributed by atoms with Crippen molar-refractivity contribution in [3.05, 3.63) is 63.6 Å². The summed E-state index contributed by atoms with van der Waals surface area (Å²) in [5.74, 6) is 0.764. The van der Waals surface area contributed by atoms with E-state index in [0.717, 1.165) is 21.2 Å². The molecular weight excluding hydrogens is 426 g/mol. The van der Waals surface area contributed by atoms with Crippen LogP contribution in [0.1, 0.15) is 23.6 Å². The van der Waals surface area contributed by atoms with Gasteiger partial charge in [-0.3, -0.25) is 9.69 Å². The summed E-state index contributed by atoms with van der Waals surface area (Å²) < 4.78 is 6.27. The maximum atomic E-state index is 12.6. The van der Waals surface area contributed by atoms with Gasteiger partial charge in [0.15, 0.2) is 5.17 Å². The van der Waals surface area contributed by atoms with Crippen LogP contribution in [0.15, 0.2) is 57.1 Å². The van der Waals surface area contributed by atoms with Crippen molar-refractivity contribution in [3.8, 4) is 5.75 Å². The highest BCUT2D eigenvalue weighted by molar-refractivity contribution is 9.10. The molecule has 1 amide bonds. The first-order valence-corrected chi connectivity index (χ1v) is 10.1. The third-order valence-electron chi connectivity index (χ3n) is 4.25. The van der Waals surface area contributed by atoms with E-state index in [0.29, 0.717) is 17.5 Å². The first-order valence-electron chi connectivity index (χ1n) is 8.46. The molecule has 0 saturated carbocycles. The zero-order valence-corrected chi connectivity index (χ0v) is 17.8. The molecule has 2 aromatic rings. The zero-order chi connectivity index (χ0) is 19.4. The van der Waals surface area contributed by atoms with Crippen molar-refractivity contribution in [1.82, 2.24) is 4.90 Å². The number of carbonyl (C=O) groups is 1. The van der Waals surface area contributed by atoms with E-state index < -0.39 is 0 Å². The van der Waals surface area contributed by atoms with Crippen LogP contribution in [0.4, 0.5) is 0 Å². The van der Waals surface area contributed by atoms with Gasteiger partial charge in [0.05, 0.1) is 25.1 Å². The third-order valence-corrected chi connectivity index (χ3v) is 5.81. The fourth-order valence-corrected chi connectivity index (χ4v) is 4.01. The molecule has 0 unspecified atom stereocenters. The van der Waals surface area contributed by atoms with Gasteiger partial charge in [-0.1, -0.05) is 52.0 Å². The quantitative estimate of drug-likeness (QED) is 0.498. The number of aryl methyl sites for hydroxylation is 1. The normalized spacial score (nSPS) is 18.7. The number of hydrogen-bond acceptors (Lipinski definition) is 5. The monoisotopic (exact) mass is 445 g/mol. The number of rotatable bonds is 5. The molecule has 7 heteroatoms. The predicted molar refractivity (Wildman–Crippen MR) is 115 cm³/mol. The van der Waals surface area contributed by atoms with E-state index in [1.807, 2.05) is 56.3 Å². The van der Waals surface area contributed by atoms with Crippen LogP contribution in [0.25, 0.3) is 0 Å². The lowest BCUT2D eigenvalue weighted by molar-refractivity contribution is -0.126. The largest absolute Gasteiger partial charge is 0.496 e. The first-order chi connectivity index (χ1) is 13.0. The van der Waals surface area contributed by atoms with Gasteiger partial charge in [0.1, 0.15) is 5.75 Å². The molecule has 27 heavy (non-hydrogen) atoms. The summed E-state index contributed by atoms with van der Waals surface area (Å²) in [4.78, 5) is 14.3. The molecule has 5 nitrogen and oxygen atoms in total. The summed E-state index contributed by atoms with van der Waals surface area (Å²) in [7, 11) is 1.61. The van der Waals surface area contributed by atoms with Crippen LogP contribution in [0.3, 0.4) is 0 Å². The molecule has 0 radical (unpaired) electrons. The van der Waals surface area contributed by atoms with Gasteiger partial charge < -0.3 is 4.74 Å². The Morgan fingerprint density at radius 1 is 1.30 bits per heavy atom. The smallest absolute Gasteiger partial charge is 0.242 e. The second-order valence-corrected chi connectivity index (χ2v) is 8.35. The minimum atomic E-state index is -0.164. The van der Waals surface area contributed by atoms with Crippen molar-refractivity contribution in [3.63, 3.8) is 0 Å². The molecule has 1 saturated heterocycles. The summed E-state index contributed by atoms with van der Waals surface area (Å²) >= 11 is 4.87. The van der Waals surface area contributed by atoms with Gasteiger partial charge in [-0.15, -0.1) is 5.10 Å². The van der Waals surface area contributed by atoms with Gasteiger partial charge in [0, 0.05) is 10.0 Å². The average molecular weight is 446 g/mol. The Balaban J connectivity index is 1.84. The molecule has 0 aliphatic carbocycles. The standard InChI is InChI=1S/C20H20BrN3O2S/c1-13-6-4-5-7-15(13)12-24-19(25)14(2)27-20(24)23-22-11-16-10-17(21)8-9-18(16)26-3/h4-11,14H,12H2,1-3H3/b22-11-,23-20+/t14-/m0/s1. The molecule has 1 atom stereocenters. The Labute approximate surface area is 171 Å². The van der Waals surface area contributed by atoms with Crippen molar-refractivity contribution in [2.45, 2.75) is 25.6 Å². The van der Waals surface area contributed by atoms with Crippen molar-refractivity contribution < 1.29 is 9.53 Å². The summed E-state index contributed by atoms with van der Waals surface area (Å²) in [6.45, 7) is 4.43. The van der Waals surface area contributed by atoms with Gasteiger partial charge >= 0.3 is 0 Å². The highest BCUT2D eigenvalue weighted by Crippen LogP contribution is 2.29. The fourth-order valence-electron chi connectivity index (χ4n) is 2.71. The van der Waals surface area contributed by atoms with Crippen LogP contribution in [0.2, 0.25) is 0 Å². The minimum Gasteiger partial charge on any atom is -0.496 e. The van der Waals surface area contributed by atoms with Crippen molar-refractivity contribution in [2.24, 2.45) is 10.2 Å². The molecule has 0 N–H and O–H groups in total. The molecule has 0 bridgehead atoms. The van der Waals surface area contributed by atoms with Gasteiger partial charge in [-0.2, -0.15) is 5.10 Å². The Morgan fingerprint density at radius 3 is 2.81 bits per heavy atom. The number of nitrogens with zero attached hydrogens (tertiary/aromatic N) is 3. The Morgan fingerprint density at radius 2 is 2.07 bits per heavy atom. The summed E-state index contributed by atoms with van der Waals surface area (Å²) in [5, 5.41) is 8.97. The van der Waals surface area contributed by atoms with Gasteiger partial charge in [0.2, 0.25) is 5.91 Å². The zero-order valence-electron chi connectivity index (χ0n) is 15.3. The SMILES string of the molecule is COc1ccc(Br)cc1/C=N\N=C1\S[C@@H](C)C(=O)N1Cc1ccccc1C. The number of halogens is 1. The molecule has 0 aromatic heterocycles. The maximum Gasteiger partial charge on any atom is 0.242 e. The molecule has 1 heterocycles. The molecule has 1 fully saturated rings. The second-order valence-electron chi connectivity index (χ2n) is 6.12. The third kappa shape index (κ3) is 4.59. The lowest BCUT2D eigenvalue weighted by Crippen LogP contribution is -2.31. The number of carbonyl (C=O) groups excluding carboxylic acids is 1. The molecule has 0 spiro atoms. The van der Waals surface area contributed by atoms with Crippen molar-refractivity contribution in [2.75, 3.05) is 7.11 Å². The predicted octanol–water partition coefficient (Wildman–Crippen LogP) is 4.62. The number of methoxy groups -OCH3 is 1. The van der Waals surface area contributed by atoms with Crippen LogP contribution in [0.5, 0.6) is 5.75 Å². The molecule has 1 aliphatic heterocycles. The first kappa shape index (κ1) is 19.6. The highest BCUT2D eigenvalue weighted by atomic mass is 79.9. The summed E-state index contributed by atoms with van der Waals surface area (Å²) in [6.07, 6.45) is 1.64. The second kappa shape index (κ2) is 8.71. The summed E-state index contributed by atoms with van der Waals surface area (Å²) in [5.41, 5.74) is 3.06. The lowest BCUT2D eigenvalue weighted by atomic mass is 10.1. The van der Waals surface area contributed by atoms with E-state index >= 15 is 0 Å². The van der Waals surface area contributed by atoms with Crippen molar-refractivity contribution >= 4 is 45.0 Å². The van der Waals surface area contributed by atoms with Crippen molar-refractivity contribution in [1.29, 1.82) is 0 Å². The maximum absolute atomic E-state index is 12.6. The molecule has 2 aromatic carbocycles. The fraction of sp³-hybridized carbons (Fsp3) is 0.250.